The fraction of sp³-hybridized carbons (Fsp3) is 0.826. The van der Waals surface area contributed by atoms with Gasteiger partial charge in [-0.05, 0) is 104 Å². The summed E-state index contributed by atoms with van der Waals surface area (Å²) in [5.41, 5.74) is 0. The van der Waals surface area contributed by atoms with Crippen molar-refractivity contribution in [2.75, 3.05) is 131 Å². The van der Waals surface area contributed by atoms with E-state index in [4.69, 9.17) is 20.4 Å². The Balaban J connectivity index is -0.000000153. The quantitative estimate of drug-likeness (QED) is 0.0544. The van der Waals surface area contributed by atoms with Gasteiger partial charge in [0.05, 0.1) is 129 Å². The van der Waals surface area contributed by atoms with Gasteiger partial charge in [0.2, 0.25) is 0 Å². The topological polar surface area (TPSA) is 241 Å². The molecule has 0 aliphatic heterocycles. The van der Waals surface area contributed by atoms with Crippen LogP contribution in [0.25, 0.3) is 0 Å². The van der Waals surface area contributed by atoms with E-state index in [2.05, 4.69) is 83.1 Å². The molecule has 0 saturated carbocycles. The molecule has 0 aliphatic carbocycles. The summed E-state index contributed by atoms with van der Waals surface area (Å²) >= 11 is 0. The average molecular weight is 897 g/mol. The Morgan fingerprint density at radius 1 is 0.306 bits per heavy atom. The van der Waals surface area contributed by atoms with Crippen LogP contribution in [0.5, 0.6) is 0 Å². The van der Waals surface area contributed by atoms with Crippen LogP contribution < -0.4 is 20.4 Å². The summed E-state index contributed by atoms with van der Waals surface area (Å²) in [5, 5.41) is 73.4. The first-order chi connectivity index (χ1) is 29.2. The standard InChI is InChI=1S/2C11H26NO.2C8H20NO.2C4H4O4/c2*1-4-7-12(8-5-2,9-6-3)10-11-13;2*1-4-9(5-2,6-3)7-8-10;2*5-3(6)1-2-4(7)8/h2*13H,4-11H2,1-3H3;2*10H,4-8H2,1-3H3;2*1-2H,(H,5,6)(H,7,8)/q4*+1;;/p-4/b;;;;2*2-1-. The second kappa shape index (κ2) is 47.5. The molecule has 372 valence electrons. The van der Waals surface area contributed by atoms with E-state index in [-0.39, 0.29) is 0 Å². The molecule has 4 N–H and O–H groups in total. The number of aliphatic hydroxyl groups excluding tert-OH is 4. The van der Waals surface area contributed by atoms with Crippen molar-refractivity contribution >= 4 is 23.9 Å². The van der Waals surface area contributed by atoms with Crippen molar-refractivity contribution in [1.29, 1.82) is 0 Å². The zero-order valence-corrected chi connectivity index (χ0v) is 41.5. The van der Waals surface area contributed by atoms with Crippen molar-refractivity contribution in [1.82, 2.24) is 0 Å². The molecular formula is C46H96N4O12. The SMILES string of the molecule is CCC[N+](CCC)(CCC)CCO.CCC[N+](CCC)(CCC)CCO.CC[N+](CC)(CC)CCO.CC[N+](CC)(CC)CCO.O=C([O-])/C=C\C(=O)[O-].O=C([O-])/C=C\C(=O)[O-]. The van der Waals surface area contributed by atoms with Gasteiger partial charge in [-0.15, -0.1) is 0 Å². The fourth-order valence-electron chi connectivity index (χ4n) is 7.60. The molecule has 16 heteroatoms. The van der Waals surface area contributed by atoms with Crippen molar-refractivity contribution in [3.8, 4) is 0 Å². The molecule has 0 aromatic carbocycles. The van der Waals surface area contributed by atoms with Crippen molar-refractivity contribution in [2.24, 2.45) is 0 Å². The zero-order valence-electron chi connectivity index (χ0n) is 41.5. The minimum absolute atomic E-state index is 0.315. The summed E-state index contributed by atoms with van der Waals surface area (Å²) < 4.78 is 4.35. The van der Waals surface area contributed by atoms with Crippen LogP contribution in [0.15, 0.2) is 24.3 Å². The van der Waals surface area contributed by atoms with Gasteiger partial charge in [-0.3, -0.25) is 0 Å². The Bertz CT molecular complexity index is 906. The summed E-state index contributed by atoms with van der Waals surface area (Å²) in [7, 11) is 0. The van der Waals surface area contributed by atoms with Gasteiger partial charge >= 0.3 is 0 Å². The highest BCUT2D eigenvalue weighted by Gasteiger charge is 2.24. The second-order valence-electron chi connectivity index (χ2n) is 15.3. The van der Waals surface area contributed by atoms with E-state index in [0.29, 0.717) is 50.7 Å². The van der Waals surface area contributed by atoms with Gasteiger partial charge < -0.3 is 78.0 Å². The number of quaternary nitrogens is 4. The average Bonchev–Trinajstić information content (AvgIpc) is 3.22. The third-order valence-electron chi connectivity index (χ3n) is 11.2. The fourth-order valence-corrected chi connectivity index (χ4v) is 7.60. The molecule has 0 unspecified atom stereocenters. The van der Waals surface area contributed by atoms with E-state index in [1.54, 1.807) is 0 Å². The van der Waals surface area contributed by atoms with E-state index < -0.39 is 23.9 Å². The minimum Gasteiger partial charge on any atom is -0.545 e. The van der Waals surface area contributed by atoms with Crippen LogP contribution in [0, 0.1) is 0 Å². The molecule has 0 atom stereocenters. The van der Waals surface area contributed by atoms with Crippen LogP contribution in [-0.4, -0.2) is 193 Å². The van der Waals surface area contributed by atoms with Gasteiger partial charge in [0.1, 0.15) is 26.2 Å². The third-order valence-corrected chi connectivity index (χ3v) is 11.2. The molecule has 0 bridgehead atoms. The maximum atomic E-state index is 9.41. The maximum Gasteiger partial charge on any atom is 0.102 e. The molecule has 0 fully saturated rings. The molecule has 0 rings (SSSR count). The molecule has 0 saturated heterocycles. The van der Waals surface area contributed by atoms with Crippen molar-refractivity contribution in [2.45, 2.75) is 122 Å². The van der Waals surface area contributed by atoms with E-state index in [1.165, 1.54) is 77.8 Å². The number of carbonyl (C=O) groups excluding carboxylic acids is 4. The van der Waals surface area contributed by atoms with Crippen LogP contribution in [0.1, 0.15) is 122 Å². The Morgan fingerprint density at radius 3 is 0.532 bits per heavy atom. The molecule has 0 heterocycles. The monoisotopic (exact) mass is 897 g/mol. The first-order valence-corrected chi connectivity index (χ1v) is 23.3. The summed E-state index contributed by atoms with van der Waals surface area (Å²) in [6.45, 7) is 45.6. The highest BCUT2D eigenvalue weighted by atomic mass is 16.4. The lowest BCUT2D eigenvalue weighted by atomic mass is 10.2. The van der Waals surface area contributed by atoms with Crippen molar-refractivity contribution in [3.05, 3.63) is 24.3 Å². The lowest BCUT2D eigenvalue weighted by Crippen LogP contribution is -2.51. The minimum atomic E-state index is -1.55. The Morgan fingerprint density at radius 2 is 0.452 bits per heavy atom. The van der Waals surface area contributed by atoms with Gasteiger partial charge in [-0.25, -0.2) is 0 Å². The van der Waals surface area contributed by atoms with Crippen LogP contribution in [0.3, 0.4) is 0 Å². The van der Waals surface area contributed by atoms with Gasteiger partial charge in [-0.1, -0.05) is 41.5 Å². The molecule has 0 aromatic heterocycles. The number of carbonyl (C=O) groups is 4. The summed E-state index contributed by atoms with van der Waals surface area (Å²) in [6, 6.07) is 0. The van der Waals surface area contributed by atoms with Crippen molar-refractivity contribution < 1.29 is 78.0 Å². The molecule has 0 amide bonds. The molecular weight excluding hydrogens is 801 g/mol. The number of carboxylic acids is 4. The zero-order chi connectivity index (χ0) is 49.5. The number of nitrogens with zero attached hydrogens (tertiary/aromatic N) is 4. The molecule has 0 aliphatic rings. The number of hydrogen-bond acceptors (Lipinski definition) is 12. The van der Waals surface area contributed by atoms with Crippen LogP contribution in [0.4, 0.5) is 0 Å². The van der Waals surface area contributed by atoms with Gasteiger partial charge in [-0.2, -0.15) is 0 Å². The Hall–Kier alpha value is -2.96. The Labute approximate surface area is 378 Å². The van der Waals surface area contributed by atoms with Crippen LogP contribution >= 0.6 is 0 Å². The molecule has 0 radical (unpaired) electrons. The lowest BCUT2D eigenvalue weighted by Gasteiger charge is -2.38. The van der Waals surface area contributed by atoms with E-state index >= 15 is 0 Å². The number of aliphatic hydroxyl groups is 4. The molecule has 0 aromatic rings. The number of aliphatic carboxylic acids is 4. The largest absolute Gasteiger partial charge is 0.545 e. The summed E-state index contributed by atoms with van der Waals surface area (Å²) in [4.78, 5) is 37.7. The number of likely N-dealkylation sites (N-methyl/N-ethyl adjacent to an activating group) is 2. The Kier molecular flexibility index (Phi) is 54.2. The predicted molar refractivity (Wildman–Crippen MR) is 241 cm³/mol. The molecule has 62 heavy (non-hydrogen) atoms. The predicted octanol–water partition coefficient (Wildman–Crippen LogP) is -0.154. The third kappa shape index (κ3) is 42.3. The smallest absolute Gasteiger partial charge is 0.102 e. The number of rotatable bonds is 30. The van der Waals surface area contributed by atoms with Gasteiger partial charge in [0.15, 0.2) is 0 Å². The van der Waals surface area contributed by atoms with Crippen LogP contribution in [0.2, 0.25) is 0 Å². The van der Waals surface area contributed by atoms with Crippen molar-refractivity contribution in [3.63, 3.8) is 0 Å². The molecule has 0 spiro atoms. The van der Waals surface area contributed by atoms with Gasteiger partial charge in [0, 0.05) is 0 Å². The number of carboxylic acid groups (broad SMARTS) is 4. The summed E-state index contributed by atoms with van der Waals surface area (Å²) in [6.07, 6.45) is 8.87. The first-order valence-electron chi connectivity index (χ1n) is 23.3. The molecule has 16 nitrogen and oxygen atoms in total. The van der Waals surface area contributed by atoms with Gasteiger partial charge in [0.25, 0.3) is 0 Å². The van der Waals surface area contributed by atoms with Crippen LogP contribution in [-0.2, 0) is 19.2 Å². The second-order valence-corrected chi connectivity index (χ2v) is 15.3. The highest BCUT2D eigenvalue weighted by molar-refractivity contribution is 5.88. The first kappa shape index (κ1) is 70.7. The maximum absolute atomic E-state index is 9.41. The number of hydrogen-bond donors (Lipinski definition) is 4. The van der Waals surface area contributed by atoms with E-state index in [0.717, 1.165) is 83.4 Å². The summed E-state index contributed by atoms with van der Waals surface area (Å²) in [5.74, 6) is -6.19. The van der Waals surface area contributed by atoms with E-state index in [9.17, 15) is 39.6 Å². The lowest BCUT2D eigenvalue weighted by molar-refractivity contribution is -0.928. The normalized spacial score (nSPS) is 11.4. The van der Waals surface area contributed by atoms with E-state index in [1.807, 2.05) is 0 Å². The highest BCUT2D eigenvalue weighted by Crippen LogP contribution is 2.12.